The molecule has 0 saturated heterocycles. The molecule has 3 rings (SSSR count). The number of nitrogens with zero attached hydrogens (tertiary/aromatic N) is 2. The van der Waals surface area contributed by atoms with Crippen molar-refractivity contribution in [3.05, 3.63) is 85.2 Å². The van der Waals surface area contributed by atoms with Gasteiger partial charge >= 0.3 is 0 Å². The van der Waals surface area contributed by atoms with Gasteiger partial charge in [0.25, 0.3) is 0 Å². The number of phenolic OH excluding ortho intramolecular Hbond substituents is 1. The molecule has 5 N–H and O–H groups in total. The summed E-state index contributed by atoms with van der Waals surface area (Å²) < 4.78 is 3.28. The van der Waals surface area contributed by atoms with E-state index < -0.39 is 39.4 Å². The second-order valence-corrected chi connectivity index (χ2v) is 13.5. The van der Waals surface area contributed by atoms with Gasteiger partial charge in [-0.2, -0.15) is 0 Å². The molecule has 0 fully saturated rings. The van der Waals surface area contributed by atoms with Crippen LogP contribution in [-0.2, 0) is 39.9 Å². The second-order valence-electron chi connectivity index (χ2n) is 13.5. The molecular formula is C34H46N4O7. The molecule has 2 heterocycles. The van der Waals surface area contributed by atoms with E-state index in [1.54, 1.807) is 23.0 Å². The van der Waals surface area contributed by atoms with Gasteiger partial charge in [-0.05, 0) is 47.8 Å². The quantitative estimate of drug-likeness (QED) is 0.217. The van der Waals surface area contributed by atoms with Gasteiger partial charge in [-0.25, -0.2) is 0 Å². The molecule has 2 amide bonds. The van der Waals surface area contributed by atoms with Gasteiger partial charge in [0.1, 0.15) is 11.7 Å². The Morgan fingerprint density at radius 1 is 0.711 bits per heavy atom. The smallest absolute Gasteiger partial charge is 0.232 e. The maximum atomic E-state index is 13.6. The second kappa shape index (κ2) is 13.6. The van der Waals surface area contributed by atoms with E-state index in [0.717, 1.165) is 5.56 Å². The molecule has 0 aliphatic carbocycles. The van der Waals surface area contributed by atoms with Gasteiger partial charge in [-0.3, -0.25) is 19.2 Å². The molecule has 11 nitrogen and oxygen atoms in total. The number of rotatable bonds is 10. The van der Waals surface area contributed by atoms with Crippen molar-refractivity contribution in [3.8, 4) is 17.2 Å². The lowest BCUT2D eigenvalue weighted by Crippen LogP contribution is -2.44. The summed E-state index contributed by atoms with van der Waals surface area (Å²) in [5.74, 6) is -2.65. The van der Waals surface area contributed by atoms with Crippen LogP contribution in [0.3, 0.4) is 0 Å². The fourth-order valence-electron chi connectivity index (χ4n) is 5.15. The van der Waals surface area contributed by atoms with Gasteiger partial charge in [-0.1, -0.05) is 53.7 Å². The van der Waals surface area contributed by atoms with Crippen LogP contribution >= 0.6 is 0 Å². The molecule has 0 spiro atoms. The highest BCUT2D eigenvalue weighted by molar-refractivity contribution is 6.00. The van der Waals surface area contributed by atoms with Gasteiger partial charge in [0.2, 0.25) is 22.7 Å². The van der Waals surface area contributed by atoms with Gasteiger partial charge < -0.3 is 35.1 Å². The molecule has 0 radical (unpaired) electrons. The van der Waals surface area contributed by atoms with Crippen molar-refractivity contribution in [2.75, 3.05) is 13.1 Å². The number of hydrogen-bond acceptors (Lipinski definition) is 7. The summed E-state index contributed by atoms with van der Waals surface area (Å²) in [5.41, 5.74) is 1.09. The highest BCUT2D eigenvalue weighted by Gasteiger charge is 2.31. The van der Waals surface area contributed by atoms with Crippen molar-refractivity contribution in [3.63, 3.8) is 0 Å². The van der Waals surface area contributed by atoms with Crippen LogP contribution in [0.2, 0.25) is 0 Å². The van der Waals surface area contributed by atoms with Crippen molar-refractivity contribution in [1.82, 2.24) is 19.8 Å². The number of benzene rings is 1. The Hall–Kier alpha value is -4.54. The first kappa shape index (κ1) is 34.9. The molecule has 0 aliphatic rings. The van der Waals surface area contributed by atoms with E-state index in [2.05, 4.69) is 10.6 Å². The average Bonchev–Trinajstić information content (AvgIpc) is 2.95. The summed E-state index contributed by atoms with van der Waals surface area (Å²) in [6.45, 7) is 15.9. The van der Waals surface area contributed by atoms with Crippen LogP contribution in [0.15, 0.2) is 46.2 Å². The van der Waals surface area contributed by atoms with E-state index in [4.69, 9.17) is 0 Å². The maximum Gasteiger partial charge on any atom is 0.232 e. The van der Waals surface area contributed by atoms with Crippen LogP contribution < -0.4 is 21.5 Å². The lowest BCUT2D eigenvalue weighted by atomic mass is 9.77. The number of carbonyl (C=O) groups is 2. The molecule has 2 aromatic heterocycles. The largest absolute Gasteiger partial charge is 0.507 e. The van der Waals surface area contributed by atoms with Crippen LogP contribution in [0.1, 0.15) is 69.6 Å². The van der Waals surface area contributed by atoms with Gasteiger partial charge in [0, 0.05) is 50.7 Å². The van der Waals surface area contributed by atoms with E-state index in [9.17, 15) is 34.5 Å². The summed E-state index contributed by atoms with van der Waals surface area (Å²) in [6.07, 6.45) is 3.13. The minimum absolute atomic E-state index is 0.0692. The minimum atomic E-state index is -1.12. The zero-order valence-corrected chi connectivity index (χ0v) is 27.4. The van der Waals surface area contributed by atoms with Crippen molar-refractivity contribution < 1.29 is 24.9 Å². The monoisotopic (exact) mass is 622 g/mol. The molecule has 244 valence electrons. The van der Waals surface area contributed by atoms with E-state index in [1.165, 1.54) is 24.5 Å². The Morgan fingerprint density at radius 3 is 1.44 bits per heavy atom. The first-order valence-electron chi connectivity index (χ1n) is 15.0. The van der Waals surface area contributed by atoms with E-state index in [1.807, 2.05) is 53.7 Å². The van der Waals surface area contributed by atoms with Crippen LogP contribution in [-0.4, -0.2) is 49.4 Å². The van der Waals surface area contributed by atoms with E-state index >= 15 is 0 Å². The lowest BCUT2D eigenvalue weighted by molar-refractivity contribution is -0.135. The molecule has 0 unspecified atom stereocenters. The fraction of sp³-hybridized carbons (Fsp3) is 0.471. The fourth-order valence-corrected chi connectivity index (χ4v) is 5.15. The molecule has 3 aromatic rings. The summed E-state index contributed by atoms with van der Waals surface area (Å²) in [5, 5.41) is 36.8. The van der Waals surface area contributed by atoms with Crippen molar-refractivity contribution >= 4 is 11.8 Å². The standard InChI is InChI=1S/C34H46N4O7/c1-20-28(41)26(39)9-13-37(20)15-11-35-31(44)23(32(45)36-12-16-38-14-10-27(40)29(42)21(38)2)17-22-18-24(33(3,4)5)30(43)25(19-22)34(6,7)8/h9-10,13-14,18-19,23,41-43H,11-12,15-17H2,1-8H3,(H,35,44)(H,36,45). The van der Waals surface area contributed by atoms with Crippen molar-refractivity contribution in [1.29, 1.82) is 0 Å². The van der Waals surface area contributed by atoms with Crippen LogP contribution in [0.25, 0.3) is 0 Å². The van der Waals surface area contributed by atoms with Crippen LogP contribution in [0.4, 0.5) is 0 Å². The summed E-state index contributed by atoms with van der Waals surface area (Å²) >= 11 is 0. The molecule has 0 bridgehead atoms. The Labute approximate surface area is 263 Å². The number of pyridine rings is 2. The van der Waals surface area contributed by atoms with E-state index in [0.29, 0.717) is 22.5 Å². The number of carbonyl (C=O) groups excluding carboxylic acids is 2. The predicted octanol–water partition coefficient (Wildman–Crippen LogP) is 3.13. The summed E-state index contributed by atoms with van der Waals surface area (Å²) in [6, 6.07) is 6.18. The Balaban J connectivity index is 1.89. The predicted molar refractivity (Wildman–Crippen MR) is 173 cm³/mol. The first-order valence-corrected chi connectivity index (χ1v) is 15.0. The third kappa shape index (κ3) is 8.34. The van der Waals surface area contributed by atoms with Crippen LogP contribution in [0, 0.1) is 19.8 Å². The zero-order valence-electron chi connectivity index (χ0n) is 27.4. The molecule has 1 aromatic carbocycles. The van der Waals surface area contributed by atoms with Gasteiger partial charge in [0.15, 0.2) is 11.5 Å². The normalized spacial score (nSPS) is 11.9. The number of aromatic nitrogens is 2. The SMILES string of the molecule is Cc1c(O)c(=O)ccn1CCNC(=O)C(Cc1cc(C(C)(C)C)c(O)c(C(C)(C)C)c1)C(=O)NCCn1ccc(=O)c(O)c1C. The zero-order chi connectivity index (χ0) is 33.9. The summed E-state index contributed by atoms with van der Waals surface area (Å²) in [7, 11) is 0. The van der Waals surface area contributed by atoms with Crippen molar-refractivity contribution in [2.24, 2.45) is 5.92 Å². The van der Waals surface area contributed by atoms with Crippen molar-refractivity contribution in [2.45, 2.75) is 85.7 Å². The molecule has 0 aliphatic heterocycles. The summed E-state index contributed by atoms with van der Waals surface area (Å²) in [4.78, 5) is 50.6. The third-order valence-corrected chi connectivity index (χ3v) is 7.99. The third-order valence-electron chi connectivity index (χ3n) is 7.99. The van der Waals surface area contributed by atoms with E-state index in [-0.39, 0.29) is 49.8 Å². The molecular weight excluding hydrogens is 576 g/mol. The topological polar surface area (TPSA) is 163 Å². The number of hydrogen-bond donors (Lipinski definition) is 5. The molecule has 11 heteroatoms. The number of amides is 2. The lowest BCUT2D eigenvalue weighted by Gasteiger charge is -2.29. The Kier molecular flexibility index (Phi) is 10.6. The average molecular weight is 623 g/mol. The van der Waals surface area contributed by atoms with Crippen LogP contribution in [0.5, 0.6) is 17.2 Å². The Bertz CT molecular complexity index is 1570. The highest BCUT2D eigenvalue weighted by atomic mass is 16.3. The Morgan fingerprint density at radius 2 is 1.09 bits per heavy atom. The minimum Gasteiger partial charge on any atom is -0.507 e. The molecule has 0 atom stereocenters. The maximum absolute atomic E-state index is 13.6. The first-order chi connectivity index (χ1) is 20.8. The number of nitrogens with one attached hydrogen (secondary N) is 2. The molecule has 45 heavy (non-hydrogen) atoms. The molecule has 0 saturated carbocycles. The number of phenols is 1. The highest BCUT2D eigenvalue weighted by Crippen LogP contribution is 2.40. The number of aromatic hydroxyl groups is 3. The van der Waals surface area contributed by atoms with Gasteiger partial charge in [-0.15, -0.1) is 0 Å². The van der Waals surface area contributed by atoms with Gasteiger partial charge in [0.05, 0.1) is 11.4 Å².